The lowest BCUT2D eigenvalue weighted by Crippen LogP contribution is -1.90. The van der Waals surface area contributed by atoms with Crippen LogP contribution in [0.3, 0.4) is 0 Å². The summed E-state index contributed by atoms with van der Waals surface area (Å²) in [5, 5.41) is 17.0. The van der Waals surface area contributed by atoms with Crippen molar-refractivity contribution >= 4 is 82.0 Å². The molecule has 0 radical (unpaired) electrons. The lowest BCUT2D eigenvalue weighted by molar-refractivity contribution is 1.30. The Morgan fingerprint density at radius 2 is 0.829 bits per heavy atom. The van der Waals surface area contributed by atoms with Crippen LogP contribution in [0.5, 0.6) is 0 Å². The van der Waals surface area contributed by atoms with Crippen LogP contribution in [0.2, 0.25) is 0 Å². The summed E-state index contributed by atoms with van der Waals surface area (Å²) in [5.41, 5.74) is 11.0. The summed E-state index contributed by atoms with van der Waals surface area (Å²) in [6.45, 7) is 0. The van der Waals surface area contributed by atoms with Crippen LogP contribution in [-0.4, -0.2) is 13.2 Å². The average Bonchev–Trinajstić information content (AvgIpc) is 3.67. The fourth-order valence-corrected chi connectivity index (χ4v) is 7.39. The molecule has 4 heterocycles. The second-order valence-corrected chi connectivity index (χ2v) is 10.9. The van der Waals surface area contributed by atoms with Gasteiger partial charge in [0, 0.05) is 32.3 Å². The highest BCUT2D eigenvalue weighted by atomic mass is 15.0. The Bertz CT molecular complexity index is 2820. The molecule has 6 aromatic carbocycles. The Balaban J connectivity index is 1.74. The van der Waals surface area contributed by atoms with E-state index < -0.39 is 0 Å². The van der Waals surface area contributed by atoms with E-state index >= 15 is 0 Å². The summed E-state index contributed by atoms with van der Waals surface area (Å²) in [6.07, 6.45) is 0. The van der Waals surface area contributed by atoms with Crippen molar-refractivity contribution in [2.24, 2.45) is 0 Å². The van der Waals surface area contributed by atoms with Crippen molar-refractivity contribution in [1.29, 1.82) is 5.26 Å². The summed E-state index contributed by atoms with van der Waals surface area (Å²) in [5.74, 6) is 0. The Kier molecular flexibility index (Phi) is 3.72. The summed E-state index contributed by atoms with van der Waals surface area (Å²) < 4.78 is 7.34. The van der Waals surface area contributed by atoms with E-state index in [0.29, 0.717) is 5.56 Å². The molecule has 4 aromatic heterocycles. The molecule has 0 spiro atoms. The van der Waals surface area contributed by atoms with Crippen molar-refractivity contribution in [3.8, 4) is 6.07 Å². The number of nitrogens with zero attached hydrogens (tertiary/aromatic N) is 4. The van der Waals surface area contributed by atoms with E-state index in [0.717, 1.165) is 38.4 Å². The maximum atomic E-state index is 9.80. The number of hydrogen-bond acceptors (Lipinski definition) is 1. The van der Waals surface area contributed by atoms with Crippen molar-refractivity contribution in [1.82, 2.24) is 13.2 Å². The van der Waals surface area contributed by atoms with Crippen molar-refractivity contribution in [2.45, 2.75) is 0 Å². The van der Waals surface area contributed by atoms with Crippen molar-refractivity contribution in [2.75, 3.05) is 0 Å². The molecule has 188 valence electrons. The van der Waals surface area contributed by atoms with Gasteiger partial charge in [0.2, 0.25) is 0 Å². The molecule has 0 saturated carbocycles. The first-order chi connectivity index (χ1) is 20.3. The smallest absolute Gasteiger partial charge is 0.0991 e. The molecule has 41 heavy (non-hydrogen) atoms. The highest BCUT2D eigenvalue weighted by Gasteiger charge is 2.21. The standard InChI is InChI=1S/C37H20N4/c38-21-22-16-19-31-28(20-22)27-18-17-26-24-9-2-4-12-30(24)41-34-15-7-10-25-23-8-1-3-11-29(23)39(35(25)34)32-13-5-6-14-33(32)40(31)37(27)36(26)41/h1-20H. The molecule has 0 fully saturated rings. The van der Waals surface area contributed by atoms with Crippen molar-refractivity contribution < 1.29 is 0 Å². The highest BCUT2D eigenvalue weighted by Crippen LogP contribution is 2.42. The highest BCUT2D eigenvalue weighted by molar-refractivity contribution is 6.25. The first-order valence-electron chi connectivity index (χ1n) is 13.9. The van der Waals surface area contributed by atoms with Gasteiger partial charge in [-0.05, 0) is 48.5 Å². The van der Waals surface area contributed by atoms with Gasteiger partial charge in [-0.15, -0.1) is 0 Å². The Hall–Kier alpha value is -5.79. The minimum Gasteiger partial charge on any atom is -0.305 e. The van der Waals surface area contributed by atoms with Gasteiger partial charge in [-0.3, -0.25) is 0 Å². The van der Waals surface area contributed by atoms with Crippen LogP contribution in [0.4, 0.5) is 0 Å². The molecular weight excluding hydrogens is 500 g/mol. The number of aromatic nitrogens is 3. The van der Waals surface area contributed by atoms with Crippen molar-refractivity contribution in [3.05, 3.63) is 127 Å². The second kappa shape index (κ2) is 7.24. The third kappa shape index (κ3) is 2.42. The van der Waals surface area contributed by atoms with Gasteiger partial charge in [-0.2, -0.15) is 5.26 Å². The summed E-state index contributed by atoms with van der Waals surface area (Å²) in [4.78, 5) is 0. The SMILES string of the molecule is N#Cc1ccc2c(c1)c1ccc3c4ccccc4n4c5cccc6c7ccccc7n(c7ccccc7n2c1c34)c65. The zero-order valence-electron chi connectivity index (χ0n) is 21.8. The number of benzene rings is 6. The Labute approximate surface area is 233 Å². The molecular formula is C37H20N4. The maximum absolute atomic E-state index is 9.80. The molecule has 10 rings (SSSR count). The fraction of sp³-hybridized carbons (Fsp3) is 0. The van der Waals surface area contributed by atoms with Gasteiger partial charge < -0.3 is 13.2 Å². The normalized spacial score (nSPS) is 12.4. The van der Waals surface area contributed by atoms with E-state index in [2.05, 4.69) is 128 Å². The molecule has 0 bridgehead atoms. The molecule has 0 aliphatic rings. The van der Waals surface area contributed by atoms with Crippen LogP contribution in [0.1, 0.15) is 5.56 Å². The van der Waals surface area contributed by atoms with Gasteiger partial charge in [0.15, 0.2) is 0 Å². The van der Waals surface area contributed by atoms with Crippen LogP contribution >= 0.6 is 0 Å². The minimum atomic E-state index is 0.668. The number of fused-ring (bicyclic) bond motifs is 13. The lowest BCUT2D eigenvalue weighted by Gasteiger charge is -2.05. The zero-order valence-corrected chi connectivity index (χ0v) is 21.8. The van der Waals surface area contributed by atoms with Gasteiger partial charge in [-0.1, -0.05) is 72.8 Å². The number of para-hydroxylation sites is 5. The number of nitriles is 1. The Morgan fingerprint density at radius 3 is 1.49 bits per heavy atom. The van der Waals surface area contributed by atoms with Crippen LogP contribution in [0.15, 0.2) is 121 Å². The fourth-order valence-electron chi connectivity index (χ4n) is 7.39. The monoisotopic (exact) mass is 520 g/mol. The molecule has 0 aliphatic carbocycles. The molecule has 0 atom stereocenters. The van der Waals surface area contributed by atoms with Gasteiger partial charge in [0.1, 0.15) is 0 Å². The first kappa shape index (κ1) is 21.1. The predicted octanol–water partition coefficient (Wildman–Crippen LogP) is 9.24. The Morgan fingerprint density at radius 1 is 0.366 bits per heavy atom. The average molecular weight is 521 g/mol. The third-order valence-corrected chi connectivity index (χ3v) is 8.97. The molecule has 4 nitrogen and oxygen atoms in total. The topological polar surface area (TPSA) is 37.0 Å². The lowest BCUT2D eigenvalue weighted by atomic mass is 10.1. The first-order valence-corrected chi connectivity index (χ1v) is 13.9. The summed E-state index contributed by atoms with van der Waals surface area (Å²) in [6, 6.07) is 45.8. The molecule has 0 unspecified atom stereocenters. The van der Waals surface area contributed by atoms with Gasteiger partial charge >= 0.3 is 0 Å². The van der Waals surface area contributed by atoms with E-state index in [1.165, 1.54) is 43.6 Å². The quantitative estimate of drug-likeness (QED) is 0.196. The van der Waals surface area contributed by atoms with Gasteiger partial charge in [0.05, 0.1) is 61.3 Å². The largest absolute Gasteiger partial charge is 0.305 e. The summed E-state index contributed by atoms with van der Waals surface area (Å²) in [7, 11) is 0. The second-order valence-electron chi connectivity index (χ2n) is 10.9. The zero-order chi connectivity index (χ0) is 26.8. The molecule has 0 saturated heterocycles. The van der Waals surface area contributed by atoms with Crippen LogP contribution in [0.25, 0.3) is 82.0 Å². The van der Waals surface area contributed by atoms with E-state index in [1.807, 2.05) is 12.1 Å². The van der Waals surface area contributed by atoms with Crippen LogP contribution in [-0.2, 0) is 0 Å². The molecule has 0 amide bonds. The van der Waals surface area contributed by atoms with Crippen LogP contribution < -0.4 is 0 Å². The van der Waals surface area contributed by atoms with Crippen LogP contribution in [0, 0.1) is 11.3 Å². The predicted molar refractivity (Wildman–Crippen MR) is 169 cm³/mol. The maximum Gasteiger partial charge on any atom is 0.0991 e. The van der Waals surface area contributed by atoms with Gasteiger partial charge in [0.25, 0.3) is 0 Å². The molecule has 4 heteroatoms. The summed E-state index contributed by atoms with van der Waals surface area (Å²) >= 11 is 0. The van der Waals surface area contributed by atoms with E-state index in [9.17, 15) is 5.26 Å². The van der Waals surface area contributed by atoms with Crippen molar-refractivity contribution in [3.63, 3.8) is 0 Å². The third-order valence-electron chi connectivity index (χ3n) is 8.97. The number of rotatable bonds is 0. The van der Waals surface area contributed by atoms with E-state index in [4.69, 9.17) is 0 Å². The number of hydrogen-bond donors (Lipinski definition) is 0. The van der Waals surface area contributed by atoms with E-state index in [-0.39, 0.29) is 0 Å². The molecule has 0 aliphatic heterocycles. The van der Waals surface area contributed by atoms with Gasteiger partial charge in [-0.25, -0.2) is 0 Å². The minimum absolute atomic E-state index is 0.668. The molecule has 0 N–H and O–H groups in total. The molecule has 10 aromatic rings. The van der Waals surface area contributed by atoms with E-state index in [1.54, 1.807) is 0 Å².